The van der Waals surface area contributed by atoms with Gasteiger partial charge in [0.15, 0.2) is 5.82 Å². The number of nitrogens with one attached hydrogen (secondary N) is 1. The predicted molar refractivity (Wildman–Crippen MR) is 84.5 cm³/mol. The Labute approximate surface area is 128 Å². The number of ether oxygens (including phenoxy) is 1. The zero-order valence-electron chi connectivity index (χ0n) is 11.7. The zero-order valence-corrected chi connectivity index (χ0v) is 13.9. The van der Waals surface area contributed by atoms with Gasteiger partial charge < -0.3 is 10.1 Å². The summed E-state index contributed by atoms with van der Waals surface area (Å²) in [6.07, 6.45) is -0.0122. The highest BCUT2D eigenvalue weighted by atomic mass is 127. The molecule has 19 heavy (non-hydrogen) atoms. The van der Waals surface area contributed by atoms with Crippen molar-refractivity contribution in [1.82, 2.24) is 14.9 Å². The summed E-state index contributed by atoms with van der Waals surface area (Å²) in [6, 6.07) is 0. The van der Waals surface area contributed by atoms with Crippen molar-refractivity contribution in [1.29, 1.82) is 0 Å². The molecule has 2 rings (SSSR count). The normalized spacial score (nSPS) is 20.5. The molecule has 106 valence electrons. The lowest BCUT2D eigenvalue weighted by molar-refractivity contribution is -0.0326. The van der Waals surface area contributed by atoms with Gasteiger partial charge in [0, 0.05) is 19.6 Å². The van der Waals surface area contributed by atoms with E-state index in [2.05, 4.69) is 56.6 Å². The summed E-state index contributed by atoms with van der Waals surface area (Å²) in [6.45, 7) is 10.8. The smallest absolute Gasteiger partial charge is 0.161 e. The van der Waals surface area contributed by atoms with Crippen LogP contribution in [0.25, 0.3) is 0 Å². The van der Waals surface area contributed by atoms with E-state index < -0.39 is 0 Å². The van der Waals surface area contributed by atoms with E-state index in [0.717, 1.165) is 53.7 Å². The fraction of sp³-hybridized carbons (Fsp3) is 0.692. The first-order valence-corrected chi connectivity index (χ1v) is 7.85. The number of aromatic nitrogens is 2. The quantitative estimate of drug-likeness (QED) is 0.817. The van der Waals surface area contributed by atoms with E-state index in [1.807, 2.05) is 6.92 Å². The van der Waals surface area contributed by atoms with Gasteiger partial charge in [-0.05, 0) is 43.0 Å². The van der Waals surface area contributed by atoms with Gasteiger partial charge in [-0.25, -0.2) is 9.97 Å². The van der Waals surface area contributed by atoms with Crippen LogP contribution in [0.2, 0.25) is 0 Å². The van der Waals surface area contributed by atoms with Gasteiger partial charge in [0.05, 0.1) is 15.9 Å². The van der Waals surface area contributed by atoms with Crippen LogP contribution in [-0.2, 0) is 4.74 Å². The van der Waals surface area contributed by atoms with Crippen LogP contribution < -0.4 is 5.32 Å². The van der Waals surface area contributed by atoms with E-state index in [-0.39, 0.29) is 6.10 Å². The average molecular weight is 376 g/mol. The Balaban J connectivity index is 2.24. The second-order valence-electron chi connectivity index (χ2n) is 4.61. The molecular weight excluding hydrogens is 355 g/mol. The monoisotopic (exact) mass is 376 g/mol. The molecule has 2 heterocycles. The van der Waals surface area contributed by atoms with Crippen molar-refractivity contribution in [3.63, 3.8) is 0 Å². The third-order valence-corrected chi connectivity index (χ3v) is 4.56. The molecule has 0 amide bonds. The minimum absolute atomic E-state index is 0.0122. The molecule has 1 saturated heterocycles. The molecule has 1 aliphatic rings. The minimum Gasteiger partial charge on any atom is -0.369 e. The summed E-state index contributed by atoms with van der Waals surface area (Å²) in [5.41, 5.74) is 1.01. The first-order valence-electron chi connectivity index (χ1n) is 6.77. The summed E-state index contributed by atoms with van der Waals surface area (Å²) in [5.74, 6) is 1.72. The van der Waals surface area contributed by atoms with Crippen LogP contribution in [0.4, 0.5) is 5.82 Å². The molecule has 1 aliphatic heterocycles. The minimum atomic E-state index is -0.0122. The number of hydrogen-bond donors (Lipinski definition) is 1. The van der Waals surface area contributed by atoms with E-state index in [1.54, 1.807) is 0 Å². The van der Waals surface area contributed by atoms with Gasteiger partial charge in [-0.1, -0.05) is 6.92 Å². The maximum atomic E-state index is 5.83. The molecule has 0 saturated carbocycles. The van der Waals surface area contributed by atoms with E-state index in [4.69, 9.17) is 4.74 Å². The Hall–Kier alpha value is -0.470. The van der Waals surface area contributed by atoms with Crippen LogP contribution in [0.3, 0.4) is 0 Å². The van der Waals surface area contributed by atoms with Crippen molar-refractivity contribution in [3.05, 3.63) is 15.1 Å². The number of nitrogens with zero attached hydrogens (tertiary/aromatic N) is 3. The summed E-state index contributed by atoms with van der Waals surface area (Å²) < 4.78 is 6.92. The molecule has 1 unspecified atom stereocenters. The van der Waals surface area contributed by atoms with Crippen molar-refractivity contribution in [3.8, 4) is 0 Å². The number of hydrogen-bond acceptors (Lipinski definition) is 5. The summed E-state index contributed by atoms with van der Waals surface area (Å²) in [4.78, 5) is 11.6. The predicted octanol–water partition coefficient (Wildman–Crippen LogP) is 2.21. The van der Waals surface area contributed by atoms with Gasteiger partial charge in [-0.3, -0.25) is 4.90 Å². The van der Waals surface area contributed by atoms with Crippen LogP contribution >= 0.6 is 22.6 Å². The maximum Gasteiger partial charge on any atom is 0.161 e. The lowest BCUT2D eigenvalue weighted by atomic mass is 10.2. The highest BCUT2D eigenvalue weighted by Crippen LogP contribution is 2.24. The van der Waals surface area contributed by atoms with Gasteiger partial charge >= 0.3 is 0 Å². The number of aryl methyl sites for hydroxylation is 1. The van der Waals surface area contributed by atoms with Crippen molar-refractivity contribution in [2.24, 2.45) is 0 Å². The van der Waals surface area contributed by atoms with Crippen LogP contribution in [0.5, 0.6) is 0 Å². The molecule has 1 N–H and O–H groups in total. The molecular formula is C13H21IN4O. The third kappa shape index (κ3) is 3.55. The molecule has 0 spiro atoms. The number of halogens is 1. The van der Waals surface area contributed by atoms with Crippen molar-refractivity contribution in [2.75, 3.05) is 38.1 Å². The molecule has 1 fully saturated rings. The Morgan fingerprint density at radius 1 is 1.42 bits per heavy atom. The van der Waals surface area contributed by atoms with Crippen LogP contribution in [0.15, 0.2) is 0 Å². The summed E-state index contributed by atoms with van der Waals surface area (Å²) in [7, 11) is 0. The number of morpholine rings is 1. The lowest BCUT2D eigenvalue weighted by Gasteiger charge is -2.31. The summed E-state index contributed by atoms with van der Waals surface area (Å²) in [5, 5.41) is 3.29. The van der Waals surface area contributed by atoms with E-state index in [9.17, 15) is 0 Å². The Morgan fingerprint density at radius 3 is 2.89 bits per heavy atom. The highest BCUT2D eigenvalue weighted by Gasteiger charge is 2.24. The Kier molecular flexibility index (Phi) is 5.35. The Bertz CT molecular complexity index is 441. The first-order chi connectivity index (χ1) is 9.15. The average Bonchev–Trinajstić information content (AvgIpc) is 2.44. The van der Waals surface area contributed by atoms with E-state index in [1.165, 1.54) is 0 Å². The SMILES string of the molecule is CCNc1nc(C2CN(CC)CCO2)nc(C)c1I. The van der Waals surface area contributed by atoms with Gasteiger partial charge in [0.25, 0.3) is 0 Å². The van der Waals surface area contributed by atoms with E-state index in [0.29, 0.717) is 0 Å². The summed E-state index contributed by atoms with van der Waals surface area (Å²) >= 11 is 2.29. The fourth-order valence-electron chi connectivity index (χ4n) is 2.16. The Morgan fingerprint density at radius 2 is 2.21 bits per heavy atom. The van der Waals surface area contributed by atoms with Gasteiger partial charge in [0.2, 0.25) is 0 Å². The van der Waals surface area contributed by atoms with Crippen molar-refractivity contribution >= 4 is 28.4 Å². The van der Waals surface area contributed by atoms with Gasteiger partial charge in [0.1, 0.15) is 11.9 Å². The molecule has 1 aromatic rings. The molecule has 0 aromatic carbocycles. The topological polar surface area (TPSA) is 50.3 Å². The molecule has 1 aromatic heterocycles. The highest BCUT2D eigenvalue weighted by molar-refractivity contribution is 14.1. The lowest BCUT2D eigenvalue weighted by Crippen LogP contribution is -2.38. The number of anilines is 1. The fourth-order valence-corrected chi connectivity index (χ4v) is 2.59. The van der Waals surface area contributed by atoms with Gasteiger partial charge in [-0.15, -0.1) is 0 Å². The van der Waals surface area contributed by atoms with Crippen LogP contribution in [0, 0.1) is 10.5 Å². The third-order valence-electron chi connectivity index (χ3n) is 3.26. The first kappa shape index (κ1) is 14.9. The molecule has 6 heteroatoms. The van der Waals surface area contributed by atoms with E-state index >= 15 is 0 Å². The maximum absolute atomic E-state index is 5.83. The number of likely N-dealkylation sites (N-methyl/N-ethyl adjacent to an activating group) is 1. The molecule has 0 bridgehead atoms. The van der Waals surface area contributed by atoms with Crippen LogP contribution in [0.1, 0.15) is 31.5 Å². The molecule has 1 atom stereocenters. The second-order valence-corrected chi connectivity index (χ2v) is 5.69. The molecule has 5 nitrogen and oxygen atoms in total. The number of rotatable bonds is 4. The van der Waals surface area contributed by atoms with Crippen molar-refractivity contribution in [2.45, 2.75) is 26.9 Å². The van der Waals surface area contributed by atoms with Crippen molar-refractivity contribution < 1.29 is 4.74 Å². The molecule has 0 aliphatic carbocycles. The van der Waals surface area contributed by atoms with Gasteiger partial charge in [-0.2, -0.15) is 0 Å². The van der Waals surface area contributed by atoms with Crippen LogP contribution in [-0.4, -0.2) is 47.7 Å². The molecule has 0 radical (unpaired) electrons. The largest absolute Gasteiger partial charge is 0.369 e. The standard InChI is InChI=1S/C13H21IN4O/c1-4-15-13-11(14)9(3)16-12(17-13)10-8-18(5-2)6-7-19-10/h10H,4-8H2,1-3H3,(H,15,16,17). The zero-order chi connectivity index (χ0) is 13.8. The second kappa shape index (κ2) is 6.81.